The van der Waals surface area contributed by atoms with Crippen LogP contribution in [0.4, 0.5) is 4.39 Å². The van der Waals surface area contributed by atoms with Gasteiger partial charge in [-0.05, 0) is 23.3 Å². The van der Waals surface area contributed by atoms with Gasteiger partial charge in [-0.1, -0.05) is 30.3 Å². The summed E-state index contributed by atoms with van der Waals surface area (Å²) in [7, 11) is 0. The van der Waals surface area contributed by atoms with E-state index < -0.39 is 5.97 Å². The zero-order valence-electron chi connectivity index (χ0n) is 10.2. The van der Waals surface area contributed by atoms with Crippen LogP contribution in [0.3, 0.4) is 0 Å². The first-order valence-electron chi connectivity index (χ1n) is 5.82. The highest BCUT2D eigenvalue weighted by atomic mass is 19.1. The molecule has 2 aromatic carbocycles. The average Bonchev–Trinajstić information content (AvgIpc) is 2.37. The van der Waals surface area contributed by atoms with E-state index in [2.05, 4.69) is 0 Å². The van der Waals surface area contributed by atoms with Crippen molar-refractivity contribution in [2.24, 2.45) is 0 Å². The van der Waals surface area contributed by atoms with Gasteiger partial charge in [-0.25, -0.2) is 4.39 Å². The molecule has 0 bridgehead atoms. The zero-order chi connectivity index (χ0) is 13.7. The molecule has 0 fully saturated rings. The topological polar surface area (TPSA) is 46.5 Å². The van der Waals surface area contributed by atoms with Gasteiger partial charge in [0.25, 0.3) is 0 Å². The minimum absolute atomic E-state index is 0.0529. The van der Waals surface area contributed by atoms with E-state index in [-0.39, 0.29) is 18.8 Å². The van der Waals surface area contributed by atoms with Gasteiger partial charge < -0.3 is 9.84 Å². The first kappa shape index (κ1) is 13.1. The number of rotatable bonds is 5. The summed E-state index contributed by atoms with van der Waals surface area (Å²) < 4.78 is 18.4. The molecule has 2 aromatic rings. The van der Waals surface area contributed by atoms with E-state index >= 15 is 0 Å². The molecular formula is C15H13FO3. The molecule has 0 saturated carbocycles. The summed E-state index contributed by atoms with van der Waals surface area (Å²) in [4.78, 5) is 10.7. The quantitative estimate of drug-likeness (QED) is 0.898. The molecule has 3 nitrogen and oxygen atoms in total. The third-order valence-corrected chi connectivity index (χ3v) is 2.65. The molecule has 0 aromatic heterocycles. The first-order chi connectivity index (χ1) is 9.15. The lowest BCUT2D eigenvalue weighted by atomic mass is 10.1. The van der Waals surface area contributed by atoms with Crippen molar-refractivity contribution in [3.05, 3.63) is 65.5 Å². The molecule has 0 saturated heterocycles. The molecule has 0 aliphatic rings. The second-order valence-corrected chi connectivity index (χ2v) is 4.09. The molecule has 0 atom stereocenters. The number of ether oxygens (including phenoxy) is 1. The maximum atomic E-state index is 13.0. The third kappa shape index (κ3) is 3.81. The zero-order valence-corrected chi connectivity index (χ0v) is 10.2. The van der Waals surface area contributed by atoms with E-state index in [1.54, 1.807) is 30.3 Å². The Morgan fingerprint density at radius 2 is 1.84 bits per heavy atom. The molecule has 0 amide bonds. The molecular weight excluding hydrogens is 247 g/mol. The van der Waals surface area contributed by atoms with Crippen molar-refractivity contribution >= 4 is 5.97 Å². The molecule has 0 radical (unpaired) electrons. The number of hydrogen-bond acceptors (Lipinski definition) is 2. The van der Waals surface area contributed by atoms with Crippen LogP contribution in [0.5, 0.6) is 5.75 Å². The summed E-state index contributed by atoms with van der Waals surface area (Å²) in [6.07, 6.45) is -0.0529. The minimum Gasteiger partial charge on any atom is -0.489 e. The molecule has 19 heavy (non-hydrogen) atoms. The highest BCUT2D eigenvalue weighted by Crippen LogP contribution is 2.16. The molecule has 0 aliphatic heterocycles. The second-order valence-electron chi connectivity index (χ2n) is 4.09. The maximum Gasteiger partial charge on any atom is 0.307 e. The van der Waals surface area contributed by atoms with Crippen molar-refractivity contribution in [2.75, 3.05) is 0 Å². The second kappa shape index (κ2) is 6.00. The molecule has 0 heterocycles. The van der Waals surface area contributed by atoms with Crippen molar-refractivity contribution in [1.82, 2.24) is 0 Å². The van der Waals surface area contributed by atoms with Crippen molar-refractivity contribution in [1.29, 1.82) is 0 Å². The lowest BCUT2D eigenvalue weighted by Crippen LogP contribution is -2.05. The van der Waals surface area contributed by atoms with Gasteiger partial charge in [0.1, 0.15) is 18.2 Å². The lowest BCUT2D eigenvalue weighted by Gasteiger charge is -2.09. The van der Waals surface area contributed by atoms with E-state index in [1.165, 1.54) is 12.1 Å². The smallest absolute Gasteiger partial charge is 0.307 e. The highest BCUT2D eigenvalue weighted by Gasteiger charge is 2.07. The van der Waals surface area contributed by atoms with Crippen LogP contribution in [0.25, 0.3) is 0 Å². The summed E-state index contributed by atoms with van der Waals surface area (Å²) in [6.45, 7) is 0.215. The maximum absolute atomic E-state index is 13.0. The largest absolute Gasteiger partial charge is 0.489 e. The van der Waals surface area contributed by atoms with Crippen molar-refractivity contribution in [3.63, 3.8) is 0 Å². The lowest BCUT2D eigenvalue weighted by molar-refractivity contribution is -0.136. The Balaban J connectivity index is 2.09. The van der Waals surface area contributed by atoms with Gasteiger partial charge in [0.05, 0.1) is 6.42 Å². The van der Waals surface area contributed by atoms with Gasteiger partial charge in [-0.15, -0.1) is 0 Å². The number of aliphatic carboxylic acids is 1. The highest BCUT2D eigenvalue weighted by molar-refractivity contribution is 5.70. The number of carbonyl (C=O) groups is 1. The third-order valence-electron chi connectivity index (χ3n) is 2.65. The Morgan fingerprint density at radius 1 is 1.11 bits per heavy atom. The summed E-state index contributed by atoms with van der Waals surface area (Å²) in [6, 6.07) is 13.0. The summed E-state index contributed by atoms with van der Waals surface area (Å²) in [5.41, 5.74) is 1.49. The van der Waals surface area contributed by atoms with E-state index in [0.717, 1.165) is 5.56 Å². The Hall–Kier alpha value is -2.36. The Morgan fingerprint density at radius 3 is 2.53 bits per heavy atom. The Labute approximate surface area is 110 Å². The monoisotopic (exact) mass is 260 g/mol. The summed E-state index contributed by atoms with van der Waals surface area (Å²) >= 11 is 0. The predicted octanol–water partition coefficient (Wildman–Crippen LogP) is 3.03. The molecule has 0 aliphatic carbocycles. The molecule has 0 spiro atoms. The molecule has 2 rings (SSSR count). The van der Waals surface area contributed by atoms with E-state index in [9.17, 15) is 9.18 Å². The van der Waals surface area contributed by atoms with Crippen LogP contribution in [0.2, 0.25) is 0 Å². The van der Waals surface area contributed by atoms with Crippen LogP contribution >= 0.6 is 0 Å². The van der Waals surface area contributed by atoms with Crippen molar-refractivity contribution in [2.45, 2.75) is 13.0 Å². The average molecular weight is 260 g/mol. The van der Waals surface area contributed by atoms with Crippen molar-refractivity contribution in [3.8, 4) is 5.75 Å². The number of carboxylic acid groups (broad SMARTS) is 1. The molecule has 0 unspecified atom stereocenters. The summed E-state index contributed by atoms with van der Waals surface area (Å²) in [5.74, 6) is -0.834. The van der Waals surface area contributed by atoms with Gasteiger partial charge >= 0.3 is 5.97 Å². The van der Waals surface area contributed by atoms with E-state index in [0.29, 0.717) is 11.3 Å². The number of carboxylic acids is 1. The fourth-order valence-corrected chi connectivity index (χ4v) is 1.75. The number of hydrogen-bond donors (Lipinski definition) is 1. The van der Waals surface area contributed by atoms with Gasteiger partial charge in [-0.2, -0.15) is 0 Å². The molecule has 1 N–H and O–H groups in total. The van der Waals surface area contributed by atoms with Crippen LogP contribution in [0.15, 0.2) is 48.5 Å². The van der Waals surface area contributed by atoms with Crippen LogP contribution in [0, 0.1) is 5.82 Å². The SMILES string of the molecule is O=C(O)Cc1ccccc1COc1cccc(F)c1. The minimum atomic E-state index is -0.891. The Kier molecular flexibility index (Phi) is 4.13. The fourth-order valence-electron chi connectivity index (χ4n) is 1.75. The van der Waals surface area contributed by atoms with E-state index in [4.69, 9.17) is 9.84 Å². The molecule has 98 valence electrons. The number of halogens is 1. The number of benzene rings is 2. The van der Waals surface area contributed by atoms with Crippen LogP contribution in [-0.2, 0) is 17.8 Å². The van der Waals surface area contributed by atoms with E-state index in [1.807, 2.05) is 6.07 Å². The van der Waals surface area contributed by atoms with Crippen molar-refractivity contribution < 1.29 is 19.0 Å². The van der Waals surface area contributed by atoms with Crippen LogP contribution in [-0.4, -0.2) is 11.1 Å². The standard InChI is InChI=1S/C15H13FO3/c16-13-6-3-7-14(9-13)19-10-12-5-2-1-4-11(12)8-15(17)18/h1-7,9H,8,10H2,(H,17,18). The normalized spacial score (nSPS) is 10.2. The van der Waals surface area contributed by atoms with Gasteiger partial charge in [0.2, 0.25) is 0 Å². The Bertz CT molecular complexity index is 581. The van der Waals surface area contributed by atoms with Gasteiger partial charge in [0, 0.05) is 6.07 Å². The van der Waals surface area contributed by atoms with Gasteiger partial charge in [-0.3, -0.25) is 4.79 Å². The first-order valence-corrected chi connectivity index (χ1v) is 5.82. The van der Waals surface area contributed by atoms with Crippen LogP contribution < -0.4 is 4.74 Å². The molecule has 4 heteroatoms. The van der Waals surface area contributed by atoms with Crippen LogP contribution in [0.1, 0.15) is 11.1 Å². The fraction of sp³-hybridized carbons (Fsp3) is 0.133. The van der Waals surface area contributed by atoms with Gasteiger partial charge in [0.15, 0.2) is 0 Å². The predicted molar refractivity (Wildman–Crippen MR) is 68.5 cm³/mol. The summed E-state index contributed by atoms with van der Waals surface area (Å²) in [5, 5.41) is 8.82.